The minimum absolute atomic E-state index is 0.158. The summed E-state index contributed by atoms with van der Waals surface area (Å²) in [6.45, 7) is 5.60. The molecule has 3 heterocycles. The molecule has 170 valence electrons. The molecule has 1 saturated heterocycles. The van der Waals surface area contributed by atoms with Crippen molar-refractivity contribution in [3.05, 3.63) is 71.2 Å². The molecule has 1 aliphatic heterocycles. The Hall–Kier alpha value is -3.38. The standard InChI is InChI=1S/C27H28N2O4/c1-3-32-27(31)21-17(2)33-26-19-12-6-5-11-18(19)25(30)23(22(21)26)24(20-13-7-8-14-28-20)29-15-9-4-10-16-29/h5-8,11-14,24,30H,3-4,9-10,15-16H2,1-2H3/t24-/m0/s1. The van der Waals surface area contributed by atoms with Crippen LogP contribution in [0.4, 0.5) is 0 Å². The number of aryl methyl sites for hydroxylation is 1. The van der Waals surface area contributed by atoms with E-state index in [1.807, 2.05) is 42.5 Å². The van der Waals surface area contributed by atoms with Crippen LogP contribution in [0.15, 0.2) is 53.1 Å². The first kappa shape index (κ1) is 21.5. The molecule has 4 aromatic rings. The number of carbonyl (C=O) groups excluding carboxylic acids is 1. The molecule has 1 aliphatic rings. The van der Waals surface area contributed by atoms with Crippen LogP contribution in [-0.2, 0) is 4.74 Å². The fraction of sp³-hybridized carbons (Fsp3) is 0.333. The van der Waals surface area contributed by atoms with Gasteiger partial charge in [0.2, 0.25) is 0 Å². The van der Waals surface area contributed by atoms with Gasteiger partial charge < -0.3 is 14.3 Å². The zero-order valence-corrected chi connectivity index (χ0v) is 19.0. The molecule has 0 unspecified atom stereocenters. The number of benzene rings is 2. The third-order valence-electron chi connectivity index (χ3n) is 6.51. The summed E-state index contributed by atoms with van der Waals surface area (Å²) in [7, 11) is 0. The number of fused-ring (bicyclic) bond motifs is 3. The van der Waals surface area contributed by atoms with Gasteiger partial charge in [0.15, 0.2) is 0 Å². The quantitative estimate of drug-likeness (QED) is 0.395. The third kappa shape index (κ3) is 3.64. The number of pyridine rings is 1. The Morgan fingerprint density at radius 2 is 1.85 bits per heavy atom. The van der Waals surface area contributed by atoms with E-state index in [1.165, 1.54) is 6.42 Å². The third-order valence-corrected chi connectivity index (χ3v) is 6.51. The van der Waals surface area contributed by atoms with E-state index in [2.05, 4.69) is 9.88 Å². The van der Waals surface area contributed by atoms with E-state index in [1.54, 1.807) is 20.0 Å². The van der Waals surface area contributed by atoms with E-state index in [0.29, 0.717) is 33.2 Å². The Balaban J connectivity index is 1.89. The molecular weight excluding hydrogens is 416 g/mol. The molecule has 1 atom stereocenters. The minimum atomic E-state index is -0.442. The van der Waals surface area contributed by atoms with E-state index in [0.717, 1.165) is 37.0 Å². The summed E-state index contributed by atoms with van der Waals surface area (Å²) in [4.78, 5) is 20.1. The lowest BCUT2D eigenvalue weighted by atomic mass is 9.90. The van der Waals surface area contributed by atoms with Crippen LogP contribution in [0, 0.1) is 6.92 Å². The molecule has 1 N–H and O–H groups in total. The number of phenols is 1. The van der Waals surface area contributed by atoms with Crippen molar-refractivity contribution in [1.82, 2.24) is 9.88 Å². The average molecular weight is 445 g/mol. The Kier molecular flexibility index (Phi) is 5.77. The van der Waals surface area contributed by atoms with Crippen LogP contribution in [0.2, 0.25) is 0 Å². The number of hydrogen-bond acceptors (Lipinski definition) is 6. The highest BCUT2D eigenvalue weighted by molar-refractivity contribution is 6.16. The maximum atomic E-state index is 13.1. The summed E-state index contributed by atoms with van der Waals surface area (Å²) in [5, 5.41) is 13.8. The molecule has 2 aromatic heterocycles. The molecule has 0 radical (unpaired) electrons. The fourth-order valence-corrected chi connectivity index (χ4v) is 5.09. The number of piperidine rings is 1. The lowest BCUT2D eigenvalue weighted by molar-refractivity contribution is 0.0526. The van der Waals surface area contributed by atoms with Crippen molar-refractivity contribution in [3.8, 4) is 5.75 Å². The minimum Gasteiger partial charge on any atom is -0.507 e. The highest BCUT2D eigenvalue weighted by Crippen LogP contribution is 2.47. The van der Waals surface area contributed by atoms with E-state index in [9.17, 15) is 9.90 Å². The van der Waals surface area contributed by atoms with Crippen molar-refractivity contribution in [2.24, 2.45) is 0 Å². The van der Waals surface area contributed by atoms with Crippen molar-refractivity contribution < 1.29 is 19.1 Å². The normalized spacial score (nSPS) is 15.7. The van der Waals surface area contributed by atoms with Crippen LogP contribution >= 0.6 is 0 Å². The Morgan fingerprint density at radius 3 is 2.55 bits per heavy atom. The number of hydrogen-bond donors (Lipinski definition) is 1. The van der Waals surface area contributed by atoms with Crippen molar-refractivity contribution in [3.63, 3.8) is 0 Å². The van der Waals surface area contributed by atoms with Gasteiger partial charge in [-0.05, 0) is 51.9 Å². The Bertz CT molecular complexity index is 1310. The molecule has 0 aliphatic carbocycles. The summed E-state index contributed by atoms with van der Waals surface area (Å²) in [6, 6.07) is 13.1. The highest BCUT2D eigenvalue weighted by atomic mass is 16.5. The highest BCUT2D eigenvalue weighted by Gasteiger charge is 2.34. The van der Waals surface area contributed by atoms with E-state index in [4.69, 9.17) is 9.15 Å². The van der Waals surface area contributed by atoms with Crippen molar-refractivity contribution in [1.29, 1.82) is 0 Å². The molecule has 0 saturated carbocycles. The van der Waals surface area contributed by atoms with Crippen LogP contribution in [0.5, 0.6) is 5.75 Å². The van der Waals surface area contributed by atoms with Crippen LogP contribution < -0.4 is 0 Å². The van der Waals surface area contributed by atoms with Gasteiger partial charge >= 0.3 is 5.97 Å². The van der Waals surface area contributed by atoms with Gasteiger partial charge in [0, 0.05) is 27.9 Å². The molecule has 33 heavy (non-hydrogen) atoms. The molecule has 0 spiro atoms. The van der Waals surface area contributed by atoms with E-state index in [-0.39, 0.29) is 18.4 Å². The molecule has 0 amide bonds. The number of nitrogens with zero attached hydrogens (tertiary/aromatic N) is 2. The summed E-state index contributed by atoms with van der Waals surface area (Å²) in [6.07, 6.45) is 5.11. The second kappa shape index (κ2) is 8.87. The van der Waals surface area contributed by atoms with Gasteiger partial charge in [-0.2, -0.15) is 0 Å². The topological polar surface area (TPSA) is 75.8 Å². The lowest BCUT2D eigenvalue weighted by Gasteiger charge is -2.35. The summed E-state index contributed by atoms with van der Waals surface area (Å²) in [5.74, 6) is 0.202. The van der Waals surface area contributed by atoms with Crippen molar-refractivity contribution in [2.45, 2.75) is 39.2 Å². The molecule has 6 nitrogen and oxygen atoms in total. The first-order chi connectivity index (χ1) is 16.1. The Labute approximate surface area is 192 Å². The smallest absolute Gasteiger partial charge is 0.342 e. The maximum absolute atomic E-state index is 13.1. The van der Waals surface area contributed by atoms with Crippen molar-refractivity contribution >= 4 is 27.7 Å². The number of phenolic OH excluding ortho intramolecular Hbond substituents is 1. The lowest BCUT2D eigenvalue weighted by Crippen LogP contribution is -2.35. The van der Waals surface area contributed by atoms with Crippen LogP contribution in [-0.4, -0.2) is 40.7 Å². The molecule has 2 aromatic carbocycles. The number of ether oxygens (including phenoxy) is 1. The van der Waals surface area contributed by atoms with Crippen LogP contribution in [0.1, 0.15) is 59.6 Å². The van der Waals surface area contributed by atoms with E-state index >= 15 is 0 Å². The van der Waals surface area contributed by atoms with Gasteiger partial charge in [0.1, 0.15) is 22.7 Å². The largest absolute Gasteiger partial charge is 0.507 e. The number of esters is 1. The summed E-state index contributed by atoms with van der Waals surface area (Å²) in [5.41, 5.74) is 2.46. The predicted octanol–water partition coefficient (Wildman–Crippen LogP) is 5.75. The number of aromatic nitrogens is 1. The maximum Gasteiger partial charge on any atom is 0.342 e. The number of rotatable bonds is 5. The first-order valence-electron chi connectivity index (χ1n) is 11.6. The molecule has 0 bridgehead atoms. The Morgan fingerprint density at radius 1 is 1.12 bits per heavy atom. The number of aromatic hydroxyl groups is 1. The van der Waals surface area contributed by atoms with Gasteiger partial charge in [0.05, 0.1) is 18.3 Å². The number of carbonyl (C=O) groups is 1. The second-order valence-electron chi connectivity index (χ2n) is 8.52. The number of likely N-dealkylation sites (tertiary alicyclic amines) is 1. The monoisotopic (exact) mass is 444 g/mol. The first-order valence-corrected chi connectivity index (χ1v) is 11.6. The zero-order chi connectivity index (χ0) is 22.9. The van der Waals surface area contributed by atoms with Gasteiger partial charge in [-0.25, -0.2) is 4.79 Å². The predicted molar refractivity (Wildman–Crippen MR) is 128 cm³/mol. The van der Waals surface area contributed by atoms with Gasteiger partial charge in [0.25, 0.3) is 0 Å². The average Bonchev–Trinajstić information content (AvgIpc) is 3.20. The molecule has 6 heteroatoms. The zero-order valence-electron chi connectivity index (χ0n) is 19.0. The summed E-state index contributed by atoms with van der Waals surface area (Å²) >= 11 is 0. The van der Waals surface area contributed by atoms with Crippen LogP contribution in [0.25, 0.3) is 21.7 Å². The van der Waals surface area contributed by atoms with Gasteiger partial charge in [-0.15, -0.1) is 0 Å². The number of furan rings is 1. The fourth-order valence-electron chi connectivity index (χ4n) is 5.09. The molecule has 1 fully saturated rings. The van der Waals surface area contributed by atoms with E-state index < -0.39 is 5.97 Å². The SMILES string of the molecule is CCOC(=O)c1c(C)oc2c1c([C@H](c1ccccn1)N1CCCCC1)c(O)c1ccccc12. The van der Waals surface area contributed by atoms with Crippen LogP contribution in [0.3, 0.4) is 0 Å². The van der Waals surface area contributed by atoms with Gasteiger partial charge in [-0.3, -0.25) is 9.88 Å². The molecule has 5 rings (SSSR count). The van der Waals surface area contributed by atoms with Gasteiger partial charge in [-0.1, -0.05) is 36.8 Å². The molecular formula is C27H28N2O4. The summed E-state index contributed by atoms with van der Waals surface area (Å²) < 4.78 is 11.6. The second-order valence-corrected chi connectivity index (χ2v) is 8.52. The van der Waals surface area contributed by atoms with Crippen molar-refractivity contribution in [2.75, 3.05) is 19.7 Å².